The summed E-state index contributed by atoms with van der Waals surface area (Å²) in [5.74, 6) is -0.410. The molecule has 0 bridgehead atoms. The maximum absolute atomic E-state index is 13.0. The highest BCUT2D eigenvalue weighted by molar-refractivity contribution is 5.94. The number of ether oxygens (including phenoxy) is 1. The summed E-state index contributed by atoms with van der Waals surface area (Å²) in [7, 11) is 0. The van der Waals surface area contributed by atoms with Gasteiger partial charge in [-0.1, -0.05) is 0 Å². The van der Waals surface area contributed by atoms with Crippen molar-refractivity contribution in [3.63, 3.8) is 0 Å². The summed E-state index contributed by atoms with van der Waals surface area (Å²) >= 11 is 0. The summed E-state index contributed by atoms with van der Waals surface area (Å²) in [6, 6.07) is 11.9. The minimum absolute atomic E-state index is 0.0210. The molecule has 25 heavy (non-hydrogen) atoms. The highest BCUT2D eigenvalue weighted by Gasteiger charge is 2.22. The van der Waals surface area contributed by atoms with Gasteiger partial charge in [-0.3, -0.25) is 4.79 Å². The Kier molecular flexibility index (Phi) is 5.11. The van der Waals surface area contributed by atoms with Crippen LogP contribution in [0.4, 0.5) is 18.9 Å². The Bertz CT molecular complexity index is 712. The zero-order valence-corrected chi connectivity index (χ0v) is 13.4. The van der Waals surface area contributed by atoms with Crippen molar-refractivity contribution in [2.75, 3.05) is 31.1 Å². The molecule has 2 aromatic carbocycles. The van der Waals surface area contributed by atoms with Crippen LogP contribution in [0.3, 0.4) is 0 Å². The Morgan fingerprint density at radius 3 is 2.08 bits per heavy atom. The van der Waals surface area contributed by atoms with Crippen LogP contribution in [0.15, 0.2) is 48.5 Å². The zero-order chi connectivity index (χ0) is 17.8. The van der Waals surface area contributed by atoms with Crippen LogP contribution in [0.2, 0.25) is 0 Å². The Balaban J connectivity index is 1.58. The second-order valence-electron chi connectivity index (χ2n) is 5.66. The Hall–Kier alpha value is -2.70. The van der Waals surface area contributed by atoms with E-state index in [4.69, 9.17) is 0 Å². The highest BCUT2D eigenvalue weighted by atomic mass is 19.3. The number of amides is 1. The monoisotopic (exact) mass is 350 g/mol. The topological polar surface area (TPSA) is 32.8 Å². The van der Waals surface area contributed by atoms with Crippen molar-refractivity contribution in [2.24, 2.45) is 0 Å². The van der Waals surface area contributed by atoms with Crippen molar-refractivity contribution in [2.45, 2.75) is 6.61 Å². The zero-order valence-electron chi connectivity index (χ0n) is 13.4. The van der Waals surface area contributed by atoms with Crippen LogP contribution in [0.1, 0.15) is 10.4 Å². The molecule has 3 rings (SSSR count). The molecule has 1 heterocycles. The molecule has 1 fully saturated rings. The largest absolute Gasteiger partial charge is 0.435 e. The maximum atomic E-state index is 13.0. The van der Waals surface area contributed by atoms with E-state index >= 15 is 0 Å². The number of benzene rings is 2. The molecule has 2 aromatic rings. The molecule has 1 aliphatic heterocycles. The fraction of sp³-hybridized carbons (Fsp3) is 0.278. The second-order valence-corrected chi connectivity index (χ2v) is 5.66. The van der Waals surface area contributed by atoms with E-state index in [1.165, 1.54) is 36.4 Å². The molecule has 0 spiro atoms. The second kappa shape index (κ2) is 7.46. The third kappa shape index (κ3) is 4.23. The van der Waals surface area contributed by atoms with E-state index in [-0.39, 0.29) is 17.5 Å². The predicted octanol–water partition coefficient (Wildman–Crippen LogP) is 3.39. The van der Waals surface area contributed by atoms with Crippen molar-refractivity contribution >= 4 is 11.6 Å². The number of piperazine rings is 1. The quantitative estimate of drug-likeness (QED) is 0.847. The first-order chi connectivity index (χ1) is 12.0. The number of anilines is 1. The Morgan fingerprint density at radius 1 is 0.920 bits per heavy atom. The summed E-state index contributed by atoms with van der Waals surface area (Å²) in [4.78, 5) is 16.3. The lowest BCUT2D eigenvalue weighted by atomic mass is 10.1. The van der Waals surface area contributed by atoms with Crippen LogP contribution in [0.25, 0.3) is 0 Å². The maximum Gasteiger partial charge on any atom is 0.387 e. The van der Waals surface area contributed by atoms with E-state index in [2.05, 4.69) is 9.64 Å². The minimum Gasteiger partial charge on any atom is -0.435 e. The summed E-state index contributed by atoms with van der Waals surface area (Å²) in [6.45, 7) is -0.536. The molecular formula is C18H17F3N2O2. The fourth-order valence-corrected chi connectivity index (χ4v) is 2.78. The first kappa shape index (κ1) is 17.1. The predicted molar refractivity (Wildman–Crippen MR) is 87.6 cm³/mol. The number of carbonyl (C=O) groups excluding carboxylic acids is 1. The van der Waals surface area contributed by atoms with Crippen LogP contribution in [-0.4, -0.2) is 43.6 Å². The molecule has 7 heteroatoms. The van der Waals surface area contributed by atoms with Gasteiger partial charge in [0.05, 0.1) is 0 Å². The van der Waals surface area contributed by atoms with Gasteiger partial charge in [0.25, 0.3) is 5.91 Å². The third-order valence-corrected chi connectivity index (χ3v) is 4.09. The van der Waals surface area contributed by atoms with E-state index in [9.17, 15) is 18.0 Å². The molecule has 0 unspecified atom stereocenters. The summed E-state index contributed by atoms with van der Waals surface area (Å²) in [6.07, 6.45) is 0. The average Bonchev–Trinajstić information content (AvgIpc) is 2.62. The van der Waals surface area contributed by atoms with Gasteiger partial charge in [0.15, 0.2) is 0 Å². The normalized spacial score (nSPS) is 14.7. The average molecular weight is 350 g/mol. The van der Waals surface area contributed by atoms with Crippen molar-refractivity contribution < 1.29 is 22.7 Å². The van der Waals surface area contributed by atoms with E-state index in [1.54, 1.807) is 17.0 Å². The molecule has 0 saturated carbocycles. The molecule has 0 aromatic heterocycles. The number of hydrogen-bond donors (Lipinski definition) is 0. The van der Waals surface area contributed by atoms with Crippen molar-refractivity contribution in [1.29, 1.82) is 0 Å². The van der Waals surface area contributed by atoms with Crippen LogP contribution in [-0.2, 0) is 0 Å². The first-order valence-corrected chi connectivity index (χ1v) is 7.87. The minimum atomic E-state index is -2.89. The van der Waals surface area contributed by atoms with Crippen molar-refractivity contribution in [1.82, 2.24) is 4.90 Å². The van der Waals surface area contributed by atoms with Crippen molar-refractivity contribution in [3.8, 4) is 5.75 Å². The highest BCUT2D eigenvalue weighted by Crippen LogP contribution is 2.19. The van der Waals surface area contributed by atoms with Crippen molar-refractivity contribution in [3.05, 3.63) is 59.9 Å². The number of halogens is 3. The molecule has 4 nitrogen and oxygen atoms in total. The van der Waals surface area contributed by atoms with E-state index in [0.29, 0.717) is 31.7 Å². The molecule has 1 aliphatic rings. The molecule has 1 amide bonds. The van der Waals surface area contributed by atoms with Gasteiger partial charge >= 0.3 is 6.61 Å². The van der Waals surface area contributed by atoms with E-state index in [0.717, 1.165) is 5.69 Å². The van der Waals surface area contributed by atoms with Gasteiger partial charge in [0.1, 0.15) is 11.6 Å². The van der Waals surface area contributed by atoms with Crippen LogP contribution in [0.5, 0.6) is 5.75 Å². The van der Waals surface area contributed by atoms with E-state index < -0.39 is 6.61 Å². The molecule has 1 saturated heterocycles. The number of rotatable bonds is 4. The van der Waals surface area contributed by atoms with Gasteiger partial charge in [-0.15, -0.1) is 0 Å². The Morgan fingerprint density at radius 2 is 1.52 bits per heavy atom. The SMILES string of the molecule is O=C(c1ccc(OC(F)F)cc1)N1CCN(c2ccc(F)cc2)CC1. The number of alkyl halides is 2. The smallest absolute Gasteiger partial charge is 0.387 e. The lowest BCUT2D eigenvalue weighted by molar-refractivity contribution is -0.0498. The van der Waals surface area contributed by atoms with Gasteiger partial charge in [-0.2, -0.15) is 8.78 Å². The molecular weight excluding hydrogens is 333 g/mol. The molecule has 0 radical (unpaired) electrons. The molecule has 0 atom stereocenters. The van der Waals surface area contributed by atoms with Gasteiger partial charge in [0.2, 0.25) is 0 Å². The first-order valence-electron chi connectivity index (χ1n) is 7.87. The van der Waals surface area contributed by atoms with Crippen LogP contribution < -0.4 is 9.64 Å². The van der Waals surface area contributed by atoms with Gasteiger partial charge in [-0.05, 0) is 48.5 Å². The summed E-state index contributed by atoms with van der Waals surface area (Å²) < 4.78 is 41.6. The lowest BCUT2D eigenvalue weighted by Gasteiger charge is -2.36. The van der Waals surface area contributed by atoms with E-state index in [1.807, 2.05) is 0 Å². The van der Waals surface area contributed by atoms with Gasteiger partial charge < -0.3 is 14.5 Å². The number of hydrogen-bond acceptors (Lipinski definition) is 3. The Labute approximate surface area is 143 Å². The standard InChI is InChI=1S/C18H17F3N2O2/c19-14-3-5-15(6-4-14)22-9-11-23(12-10-22)17(24)13-1-7-16(8-2-13)25-18(20)21/h1-8,18H,9-12H2. The van der Waals surface area contributed by atoms with Crippen LogP contribution >= 0.6 is 0 Å². The number of nitrogens with zero attached hydrogens (tertiary/aromatic N) is 2. The lowest BCUT2D eigenvalue weighted by Crippen LogP contribution is -2.48. The fourth-order valence-electron chi connectivity index (χ4n) is 2.78. The third-order valence-electron chi connectivity index (χ3n) is 4.09. The molecule has 132 valence electrons. The van der Waals surface area contributed by atoms with Crippen LogP contribution in [0, 0.1) is 5.82 Å². The van der Waals surface area contributed by atoms with Gasteiger partial charge in [0, 0.05) is 37.4 Å². The molecule has 0 N–H and O–H groups in total. The number of carbonyl (C=O) groups is 1. The summed E-state index contributed by atoms with van der Waals surface area (Å²) in [5.41, 5.74) is 1.35. The summed E-state index contributed by atoms with van der Waals surface area (Å²) in [5, 5.41) is 0. The van der Waals surface area contributed by atoms with Gasteiger partial charge in [-0.25, -0.2) is 4.39 Å². The molecule has 0 aliphatic carbocycles.